The van der Waals surface area contributed by atoms with E-state index in [1.807, 2.05) is 29.1 Å². The van der Waals surface area contributed by atoms with Crippen LogP contribution in [0.25, 0.3) is 0 Å². The molecule has 1 aromatic carbocycles. The van der Waals surface area contributed by atoms with Crippen LogP contribution in [0.3, 0.4) is 0 Å². The monoisotopic (exact) mass is 611 g/mol. The Hall–Kier alpha value is -4.10. The van der Waals surface area contributed by atoms with Crippen molar-refractivity contribution in [3.05, 3.63) is 71.1 Å². The van der Waals surface area contributed by atoms with Crippen molar-refractivity contribution < 1.29 is 14.3 Å². The first kappa shape index (κ1) is 30.9. The largest absolute Gasteiger partial charge is 0.453 e. The van der Waals surface area contributed by atoms with Gasteiger partial charge in [-0.15, -0.1) is 12.3 Å². The molecule has 238 valence electrons. The third-order valence-corrected chi connectivity index (χ3v) is 9.90. The van der Waals surface area contributed by atoms with Crippen molar-refractivity contribution in [3.63, 3.8) is 0 Å². The lowest BCUT2D eigenvalue weighted by molar-refractivity contribution is 0.0885. The van der Waals surface area contributed by atoms with Crippen LogP contribution >= 0.6 is 0 Å². The van der Waals surface area contributed by atoms with E-state index in [2.05, 4.69) is 44.9 Å². The number of hydrogen-bond acceptors (Lipinski definition) is 6. The summed E-state index contributed by atoms with van der Waals surface area (Å²) in [6.07, 6.45) is 15.8. The average molecular weight is 612 g/mol. The minimum absolute atomic E-state index is 0.0997. The molecule has 45 heavy (non-hydrogen) atoms. The topological polar surface area (TPSA) is 97.5 Å². The van der Waals surface area contributed by atoms with Gasteiger partial charge in [0.25, 0.3) is 5.91 Å². The Morgan fingerprint density at radius 3 is 2.60 bits per heavy atom. The third kappa shape index (κ3) is 6.79. The quantitative estimate of drug-likeness (QED) is 0.241. The fraction of sp³-hybridized carbons (Fsp3) is 0.543. The van der Waals surface area contributed by atoms with Crippen LogP contribution in [0.15, 0.2) is 42.6 Å². The smallest absolute Gasteiger partial charge is 0.409 e. The van der Waals surface area contributed by atoms with E-state index in [9.17, 15) is 9.59 Å². The Labute approximate surface area is 266 Å². The van der Waals surface area contributed by atoms with Gasteiger partial charge in [-0.3, -0.25) is 14.4 Å². The molecule has 0 spiro atoms. The van der Waals surface area contributed by atoms with Crippen molar-refractivity contribution in [3.8, 4) is 12.3 Å². The van der Waals surface area contributed by atoms with Gasteiger partial charge in [0.2, 0.25) is 0 Å². The maximum absolute atomic E-state index is 13.3. The maximum Gasteiger partial charge on any atom is 0.409 e. The van der Waals surface area contributed by atoms with Crippen LogP contribution in [0.5, 0.6) is 0 Å². The molecule has 3 atom stereocenters. The number of imidazole rings is 1. The predicted octanol–water partition coefficient (Wildman–Crippen LogP) is 5.05. The highest BCUT2D eigenvalue weighted by Crippen LogP contribution is 2.43. The molecule has 10 nitrogen and oxygen atoms in total. The third-order valence-electron chi connectivity index (χ3n) is 9.90. The van der Waals surface area contributed by atoms with Crippen LogP contribution < -0.4 is 5.32 Å². The molecule has 0 saturated carbocycles. The second kappa shape index (κ2) is 13.9. The lowest BCUT2D eigenvalue weighted by Gasteiger charge is -2.41. The SMILES string of the molecule is C#CCCCCn1ccc(C(=O)N[C@@H](CCN2C3CCC2CC(n2c(C)nc4c2CCN(C(=O)OC)C4)C3)c2ccccc2)n1. The standard InChI is InChI=1S/C35H45N7O3/c1-4-5-6-10-18-40-20-15-31(38-40)34(43)37-30(26-11-8-7-9-12-26)16-21-41-27-13-14-28(41)23-29(22-27)42-25(2)36-32-24-39(35(44)45-3)19-17-33(32)42/h1,7-9,11-12,15,20,27-30H,5-6,10,13-14,16-19,21-24H2,2-3H3,(H,37,43)/t27?,28?,29?,30-/m0/s1. The lowest BCUT2D eigenvalue weighted by Crippen LogP contribution is -2.45. The minimum atomic E-state index is -0.286. The molecule has 2 unspecified atom stereocenters. The van der Waals surface area contributed by atoms with Crippen LogP contribution in [0.1, 0.15) is 96.7 Å². The highest BCUT2D eigenvalue weighted by molar-refractivity contribution is 5.92. The number of carbonyl (C=O) groups excluding carboxylic acids is 2. The van der Waals surface area contributed by atoms with Gasteiger partial charge in [0.15, 0.2) is 0 Å². The number of carbonyl (C=O) groups is 2. The first-order valence-electron chi connectivity index (χ1n) is 16.4. The van der Waals surface area contributed by atoms with Gasteiger partial charge in [-0.2, -0.15) is 5.10 Å². The molecule has 6 rings (SSSR count). The van der Waals surface area contributed by atoms with E-state index in [4.69, 9.17) is 16.1 Å². The zero-order valence-corrected chi connectivity index (χ0v) is 26.5. The predicted molar refractivity (Wildman–Crippen MR) is 171 cm³/mol. The van der Waals surface area contributed by atoms with Crippen molar-refractivity contribution in [1.82, 2.24) is 34.4 Å². The van der Waals surface area contributed by atoms with Crippen LogP contribution in [-0.2, 0) is 24.2 Å². The summed E-state index contributed by atoms with van der Waals surface area (Å²) in [7, 11) is 1.43. The van der Waals surface area contributed by atoms with Gasteiger partial charge in [-0.1, -0.05) is 30.3 Å². The zero-order chi connectivity index (χ0) is 31.3. The molecule has 3 aliphatic rings. The fourth-order valence-corrected chi connectivity index (χ4v) is 7.76. The minimum Gasteiger partial charge on any atom is -0.453 e. The van der Waals surface area contributed by atoms with E-state index in [0.29, 0.717) is 36.9 Å². The molecule has 0 radical (unpaired) electrons. The number of amides is 2. The van der Waals surface area contributed by atoms with E-state index in [1.54, 1.807) is 11.0 Å². The Morgan fingerprint density at radius 1 is 1.09 bits per heavy atom. The highest BCUT2D eigenvalue weighted by Gasteiger charge is 2.42. The summed E-state index contributed by atoms with van der Waals surface area (Å²) in [5, 5.41) is 7.84. The van der Waals surface area contributed by atoms with Crippen molar-refractivity contribution in [2.24, 2.45) is 0 Å². The molecule has 3 aliphatic heterocycles. The van der Waals surface area contributed by atoms with E-state index in [0.717, 1.165) is 75.1 Å². The number of nitrogens with zero attached hydrogens (tertiary/aromatic N) is 6. The van der Waals surface area contributed by atoms with E-state index in [-0.39, 0.29) is 18.0 Å². The van der Waals surface area contributed by atoms with Crippen molar-refractivity contribution in [2.75, 3.05) is 20.2 Å². The molecule has 2 bridgehead atoms. The van der Waals surface area contributed by atoms with Gasteiger partial charge >= 0.3 is 6.09 Å². The summed E-state index contributed by atoms with van der Waals surface area (Å²) in [4.78, 5) is 34.8. The molecule has 1 N–H and O–H groups in total. The molecular formula is C35H45N7O3. The number of methoxy groups -OCH3 is 1. The van der Waals surface area contributed by atoms with E-state index < -0.39 is 0 Å². The van der Waals surface area contributed by atoms with Gasteiger partial charge in [0.1, 0.15) is 11.5 Å². The number of fused-ring (bicyclic) bond motifs is 3. The van der Waals surface area contributed by atoms with Crippen molar-refractivity contribution in [1.29, 1.82) is 0 Å². The summed E-state index contributed by atoms with van der Waals surface area (Å²) in [5.41, 5.74) is 3.85. The summed E-state index contributed by atoms with van der Waals surface area (Å²) in [6.45, 7) is 4.96. The molecule has 2 amide bonds. The van der Waals surface area contributed by atoms with Gasteiger partial charge in [-0.05, 0) is 63.5 Å². The van der Waals surface area contributed by atoms with Gasteiger partial charge in [-0.25, -0.2) is 9.78 Å². The number of benzene rings is 1. The van der Waals surface area contributed by atoms with Gasteiger partial charge in [0.05, 0.1) is 25.4 Å². The lowest BCUT2D eigenvalue weighted by atomic mass is 9.94. The summed E-state index contributed by atoms with van der Waals surface area (Å²) >= 11 is 0. The fourth-order valence-electron chi connectivity index (χ4n) is 7.76. The molecule has 2 saturated heterocycles. The highest BCUT2D eigenvalue weighted by atomic mass is 16.5. The van der Waals surface area contributed by atoms with Crippen molar-refractivity contribution >= 4 is 12.0 Å². The molecule has 2 fully saturated rings. The normalized spacial score (nSPS) is 21.6. The van der Waals surface area contributed by atoms with Gasteiger partial charge in [0, 0.05) is 62.5 Å². The number of piperidine rings is 1. The number of ether oxygens (including phenoxy) is 1. The van der Waals surface area contributed by atoms with E-state index in [1.165, 1.54) is 25.6 Å². The maximum atomic E-state index is 13.3. The summed E-state index contributed by atoms with van der Waals surface area (Å²) in [6, 6.07) is 13.4. The Kier molecular flexibility index (Phi) is 9.55. The van der Waals surface area contributed by atoms with Crippen molar-refractivity contribution in [2.45, 2.75) is 102 Å². The Balaban J connectivity index is 1.09. The Bertz CT molecular complexity index is 1510. The number of rotatable bonds is 11. The second-order valence-corrected chi connectivity index (χ2v) is 12.7. The molecule has 3 aromatic rings. The van der Waals surface area contributed by atoms with Crippen LogP contribution in [0.4, 0.5) is 4.79 Å². The first-order valence-corrected chi connectivity index (χ1v) is 16.4. The number of aryl methyl sites for hydroxylation is 2. The number of unbranched alkanes of at least 4 members (excludes halogenated alkanes) is 2. The molecule has 2 aromatic heterocycles. The van der Waals surface area contributed by atoms with Crippen LogP contribution in [-0.4, -0.2) is 73.4 Å². The molecule has 10 heteroatoms. The second-order valence-electron chi connectivity index (χ2n) is 12.7. The van der Waals surface area contributed by atoms with Crippen LogP contribution in [0, 0.1) is 19.3 Å². The number of terminal acetylenes is 1. The number of hydrogen-bond donors (Lipinski definition) is 1. The Morgan fingerprint density at radius 2 is 1.87 bits per heavy atom. The average Bonchev–Trinajstić information content (AvgIpc) is 3.73. The number of aromatic nitrogens is 4. The van der Waals surface area contributed by atoms with Crippen LogP contribution in [0.2, 0.25) is 0 Å². The molecule has 5 heterocycles. The zero-order valence-electron chi connectivity index (χ0n) is 26.5. The summed E-state index contributed by atoms with van der Waals surface area (Å²) in [5.74, 6) is 3.58. The molecule has 0 aliphatic carbocycles. The first-order chi connectivity index (χ1) is 21.9. The van der Waals surface area contributed by atoms with Gasteiger partial charge < -0.3 is 19.5 Å². The van der Waals surface area contributed by atoms with E-state index >= 15 is 0 Å². The number of nitrogens with one attached hydrogen (secondary N) is 1. The molecular weight excluding hydrogens is 566 g/mol. The summed E-state index contributed by atoms with van der Waals surface area (Å²) < 4.78 is 9.27.